The molecule has 0 aliphatic rings. The van der Waals surface area contributed by atoms with Crippen molar-refractivity contribution in [2.24, 2.45) is 0 Å². The Balaban J connectivity index is 2.11. The smallest absolute Gasteiger partial charge is 0.243 e. The van der Waals surface area contributed by atoms with Crippen LogP contribution >= 0.6 is 0 Å². The van der Waals surface area contributed by atoms with E-state index >= 15 is 0 Å². The van der Waals surface area contributed by atoms with Crippen LogP contribution in [0.25, 0.3) is 5.65 Å². The number of rotatable bonds is 4. The molecule has 0 radical (unpaired) electrons. The van der Waals surface area contributed by atoms with Gasteiger partial charge in [0.25, 0.3) is 0 Å². The van der Waals surface area contributed by atoms with Crippen LogP contribution in [0.3, 0.4) is 0 Å². The topological polar surface area (TPSA) is 45.5 Å². The molecule has 0 aliphatic heterocycles. The van der Waals surface area contributed by atoms with E-state index < -0.39 is 0 Å². The van der Waals surface area contributed by atoms with Gasteiger partial charge in [0.15, 0.2) is 5.65 Å². The van der Waals surface area contributed by atoms with Gasteiger partial charge in [0.2, 0.25) is 5.95 Å². The van der Waals surface area contributed by atoms with E-state index in [2.05, 4.69) is 20.3 Å². The lowest BCUT2D eigenvalue weighted by Gasteiger charge is -2.08. The molecule has 2 aromatic heterocycles. The second-order valence-corrected chi connectivity index (χ2v) is 4.10. The Morgan fingerprint density at radius 2 is 2.19 bits per heavy atom. The molecule has 0 saturated heterocycles. The number of nitrogens with one attached hydrogen (secondary N) is 1. The molecule has 0 spiro atoms. The number of fused-ring (bicyclic) bond motifs is 1. The van der Waals surface area contributed by atoms with Gasteiger partial charge < -0.3 is 10.2 Å². The Morgan fingerprint density at radius 3 is 2.88 bits per heavy atom. The van der Waals surface area contributed by atoms with E-state index in [1.807, 2.05) is 43.7 Å². The highest BCUT2D eigenvalue weighted by Gasteiger charge is 2.03. The molecular formula is C11H17N5. The van der Waals surface area contributed by atoms with Crippen LogP contribution in [0.2, 0.25) is 0 Å². The summed E-state index contributed by atoms with van der Waals surface area (Å²) >= 11 is 0. The molecule has 0 amide bonds. The molecule has 5 heteroatoms. The molecule has 16 heavy (non-hydrogen) atoms. The van der Waals surface area contributed by atoms with Crippen molar-refractivity contribution in [3.05, 3.63) is 23.9 Å². The number of anilines is 1. The molecule has 0 atom stereocenters. The highest BCUT2D eigenvalue weighted by Crippen LogP contribution is 2.07. The quantitative estimate of drug-likeness (QED) is 0.833. The molecule has 86 valence electrons. The second kappa shape index (κ2) is 4.49. The summed E-state index contributed by atoms with van der Waals surface area (Å²) < 4.78 is 1.85. The maximum absolute atomic E-state index is 4.39. The van der Waals surface area contributed by atoms with Crippen molar-refractivity contribution in [2.45, 2.75) is 6.92 Å². The van der Waals surface area contributed by atoms with E-state index in [1.165, 1.54) is 0 Å². The van der Waals surface area contributed by atoms with Crippen LogP contribution in [-0.4, -0.2) is 46.7 Å². The minimum Gasteiger partial charge on any atom is -0.352 e. The minimum absolute atomic E-state index is 0.691. The third-order valence-corrected chi connectivity index (χ3v) is 2.39. The predicted molar refractivity (Wildman–Crippen MR) is 64.8 cm³/mol. The highest BCUT2D eigenvalue weighted by molar-refractivity contribution is 5.44. The molecule has 0 unspecified atom stereocenters. The van der Waals surface area contributed by atoms with Crippen LogP contribution in [-0.2, 0) is 0 Å². The van der Waals surface area contributed by atoms with Gasteiger partial charge in [-0.2, -0.15) is 4.98 Å². The van der Waals surface area contributed by atoms with Gasteiger partial charge in [0.05, 0.1) is 0 Å². The van der Waals surface area contributed by atoms with Crippen molar-refractivity contribution in [1.82, 2.24) is 19.5 Å². The SMILES string of the molecule is Cc1cccc2nc(NCCN(C)C)nn12. The van der Waals surface area contributed by atoms with Gasteiger partial charge in [-0.3, -0.25) is 0 Å². The molecule has 0 aromatic carbocycles. The largest absolute Gasteiger partial charge is 0.352 e. The van der Waals surface area contributed by atoms with Crippen molar-refractivity contribution < 1.29 is 0 Å². The van der Waals surface area contributed by atoms with E-state index in [-0.39, 0.29) is 0 Å². The van der Waals surface area contributed by atoms with Crippen molar-refractivity contribution in [3.63, 3.8) is 0 Å². The average Bonchev–Trinajstić information content (AvgIpc) is 2.61. The fraction of sp³-hybridized carbons (Fsp3) is 0.455. The van der Waals surface area contributed by atoms with Crippen molar-refractivity contribution in [3.8, 4) is 0 Å². The van der Waals surface area contributed by atoms with Gasteiger partial charge in [0, 0.05) is 18.8 Å². The first kappa shape index (κ1) is 10.9. The summed E-state index contributed by atoms with van der Waals surface area (Å²) in [7, 11) is 4.09. The van der Waals surface area contributed by atoms with E-state index in [4.69, 9.17) is 0 Å². The van der Waals surface area contributed by atoms with E-state index in [0.717, 1.165) is 24.4 Å². The standard InChI is InChI=1S/C11H17N5/c1-9-5-4-6-10-13-11(14-16(9)10)12-7-8-15(2)3/h4-6H,7-8H2,1-3H3,(H,12,14). The van der Waals surface area contributed by atoms with Crippen LogP contribution in [0.1, 0.15) is 5.69 Å². The summed E-state index contributed by atoms with van der Waals surface area (Å²) in [6.07, 6.45) is 0. The zero-order valence-electron chi connectivity index (χ0n) is 9.94. The number of aromatic nitrogens is 3. The zero-order chi connectivity index (χ0) is 11.5. The van der Waals surface area contributed by atoms with Crippen LogP contribution < -0.4 is 5.32 Å². The van der Waals surface area contributed by atoms with Gasteiger partial charge >= 0.3 is 0 Å². The highest BCUT2D eigenvalue weighted by atomic mass is 15.4. The Bertz CT molecular complexity index is 474. The number of pyridine rings is 1. The number of nitrogens with zero attached hydrogens (tertiary/aromatic N) is 4. The zero-order valence-corrected chi connectivity index (χ0v) is 9.94. The van der Waals surface area contributed by atoms with Crippen molar-refractivity contribution in [2.75, 3.05) is 32.5 Å². The van der Waals surface area contributed by atoms with Crippen LogP contribution in [0.15, 0.2) is 18.2 Å². The molecule has 0 saturated carbocycles. The Hall–Kier alpha value is -1.62. The third kappa shape index (κ3) is 2.30. The summed E-state index contributed by atoms with van der Waals surface area (Å²) in [4.78, 5) is 6.51. The molecule has 1 N–H and O–H groups in total. The second-order valence-electron chi connectivity index (χ2n) is 4.10. The van der Waals surface area contributed by atoms with Gasteiger partial charge in [0.1, 0.15) is 0 Å². The van der Waals surface area contributed by atoms with Gasteiger partial charge in [-0.1, -0.05) is 6.07 Å². The average molecular weight is 219 g/mol. The van der Waals surface area contributed by atoms with Gasteiger partial charge in [-0.25, -0.2) is 4.52 Å². The molecule has 5 nitrogen and oxygen atoms in total. The number of hydrogen-bond donors (Lipinski definition) is 1. The van der Waals surface area contributed by atoms with Crippen molar-refractivity contribution in [1.29, 1.82) is 0 Å². The maximum Gasteiger partial charge on any atom is 0.243 e. The normalized spacial score (nSPS) is 11.2. The molecule has 2 aromatic rings. The molecule has 0 aliphatic carbocycles. The van der Waals surface area contributed by atoms with E-state index in [0.29, 0.717) is 5.95 Å². The lowest BCUT2D eigenvalue weighted by molar-refractivity contribution is 0.425. The molecule has 0 fully saturated rings. The molecule has 2 rings (SSSR count). The fourth-order valence-electron chi connectivity index (χ4n) is 1.50. The number of likely N-dealkylation sites (N-methyl/N-ethyl adjacent to an activating group) is 1. The molecular weight excluding hydrogens is 202 g/mol. The summed E-state index contributed by atoms with van der Waals surface area (Å²) in [5.41, 5.74) is 1.97. The summed E-state index contributed by atoms with van der Waals surface area (Å²) in [6, 6.07) is 5.96. The first-order chi connectivity index (χ1) is 7.66. The lowest BCUT2D eigenvalue weighted by atomic mass is 10.4. The first-order valence-electron chi connectivity index (χ1n) is 5.38. The first-order valence-corrected chi connectivity index (χ1v) is 5.38. The predicted octanol–water partition coefficient (Wildman–Crippen LogP) is 1.01. The monoisotopic (exact) mass is 219 g/mol. The summed E-state index contributed by atoms with van der Waals surface area (Å²) in [6.45, 7) is 3.84. The van der Waals surface area contributed by atoms with Gasteiger partial charge in [-0.15, -0.1) is 5.10 Å². The lowest BCUT2D eigenvalue weighted by Crippen LogP contribution is -2.21. The third-order valence-electron chi connectivity index (χ3n) is 2.39. The van der Waals surface area contributed by atoms with Crippen LogP contribution in [0, 0.1) is 6.92 Å². The fourth-order valence-corrected chi connectivity index (χ4v) is 1.50. The Kier molecular flexibility index (Phi) is 3.05. The van der Waals surface area contributed by atoms with E-state index in [1.54, 1.807) is 0 Å². The van der Waals surface area contributed by atoms with Crippen LogP contribution in [0.4, 0.5) is 5.95 Å². The Labute approximate surface area is 95.1 Å². The molecule has 2 heterocycles. The summed E-state index contributed by atoms with van der Waals surface area (Å²) in [5, 5.41) is 7.59. The maximum atomic E-state index is 4.39. The number of aryl methyl sites for hydroxylation is 1. The summed E-state index contributed by atoms with van der Waals surface area (Å²) in [5.74, 6) is 0.691. The van der Waals surface area contributed by atoms with Crippen molar-refractivity contribution >= 4 is 11.6 Å². The van der Waals surface area contributed by atoms with Crippen LogP contribution in [0.5, 0.6) is 0 Å². The van der Waals surface area contributed by atoms with E-state index in [9.17, 15) is 0 Å². The molecule has 0 bridgehead atoms. The minimum atomic E-state index is 0.691. The number of hydrogen-bond acceptors (Lipinski definition) is 4. The Morgan fingerprint density at radius 1 is 1.38 bits per heavy atom. The van der Waals surface area contributed by atoms with Gasteiger partial charge in [-0.05, 0) is 33.2 Å².